The van der Waals surface area contributed by atoms with Crippen LogP contribution in [0.25, 0.3) is 0 Å². The van der Waals surface area contributed by atoms with Crippen molar-refractivity contribution in [3.05, 3.63) is 28.5 Å². The molecule has 15 heavy (non-hydrogen) atoms. The van der Waals surface area contributed by atoms with Crippen LogP contribution in [0.3, 0.4) is 0 Å². The lowest BCUT2D eigenvalue weighted by Gasteiger charge is -1.96. The summed E-state index contributed by atoms with van der Waals surface area (Å²) in [5.74, 6) is 5.11. The monoisotopic (exact) mass is 223 g/mol. The van der Waals surface area contributed by atoms with Gasteiger partial charge in [-0.25, -0.2) is 4.98 Å². The molecule has 1 rings (SSSR count). The molecule has 0 aromatic carbocycles. The molecule has 0 spiro atoms. The molecule has 0 atom stereocenters. The van der Waals surface area contributed by atoms with E-state index in [0.29, 0.717) is 10.7 Å². The minimum absolute atomic E-state index is 0.0697. The number of ether oxygens (including phenoxy) is 1. The number of aryl methyl sites for hydroxylation is 1. The molecule has 1 heterocycles. The van der Waals surface area contributed by atoms with Gasteiger partial charge in [0, 0.05) is 6.20 Å². The quantitative estimate of drug-likeness (QED) is 0.540. The molecular formula is C11H10ClNO2. The summed E-state index contributed by atoms with van der Waals surface area (Å²) in [7, 11) is 1.33. The fraction of sp³-hybridized carbons (Fsp3) is 0.273. The summed E-state index contributed by atoms with van der Waals surface area (Å²) >= 11 is 5.74. The molecule has 0 unspecified atom stereocenters. The Morgan fingerprint density at radius 3 is 3.00 bits per heavy atom. The van der Waals surface area contributed by atoms with Crippen LogP contribution in [0.5, 0.6) is 0 Å². The molecule has 0 aliphatic heterocycles. The van der Waals surface area contributed by atoms with E-state index in [1.54, 1.807) is 6.07 Å². The van der Waals surface area contributed by atoms with Crippen LogP contribution in [0, 0.1) is 18.8 Å². The molecule has 0 amide bonds. The molecule has 1 aromatic heterocycles. The number of nitrogens with zero attached hydrogens (tertiary/aromatic N) is 1. The molecule has 78 valence electrons. The summed E-state index contributed by atoms with van der Waals surface area (Å²) in [4.78, 5) is 14.8. The maximum Gasteiger partial charge on any atom is 0.317 e. The Bertz CT molecular complexity index is 432. The van der Waals surface area contributed by atoms with Crippen molar-refractivity contribution in [2.24, 2.45) is 0 Å². The average Bonchev–Trinajstić information content (AvgIpc) is 2.21. The molecule has 4 heteroatoms. The van der Waals surface area contributed by atoms with Crippen LogP contribution in [0.2, 0.25) is 5.02 Å². The van der Waals surface area contributed by atoms with Crippen molar-refractivity contribution in [2.45, 2.75) is 13.3 Å². The number of carbonyl (C=O) groups excluding carboxylic acids is 1. The highest BCUT2D eigenvalue weighted by Crippen LogP contribution is 2.10. The molecule has 3 nitrogen and oxygen atoms in total. The van der Waals surface area contributed by atoms with E-state index in [4.69, 9.17) is 11.6 Å². The predicted octanol–water partition coefficient (Wildman–Crippen LogP) is 1.96. The minimum Gasteiger partial charge on any atom is -0.468 e. The van der Waals surface area contributed by atoms with Gasteiger partial charge in [0.05, 0.1) is 12.1 Å². The highest BCUT2D eigenvalue weighted by Gasteiger charge is 1.98. The van der Waals surface area contributed by atoms with Crippen LogP contribution in [0.15, 0.2) is 12.3 Å². The maximum absolute atomic E-state index is 10.8. The summed E-state index contributed by atoms with van der Waals surface area (Å²) in [5, 5.41) is 0.575. The van der Waals surface area contributed by atoms with Gasteiger partial charge in [-0.1, -0.05) is 17.5 Å². The van der Waals surface area contributed by atoms with Crippen molar-refractivity contribution < 1.29 is 9.53 Å². The smallest absolute Gasteiger partial charge is 0.317 e. The van der Waals surface area contributed by atoms with Gasteiger partial charge in [-0.2, -0.15) is 0 Å². The van der Waals surface area contributed by atoms with E-state index in [9.17, 15) is 4.79 Å². The van der Waals surface area contributed by atoms with Crippen molar-refractivity contribution in [1.29, 1.82) is 0 Å². The van der Waals surface area contributed by atoms with Gasteiger partial charge >= 0.3 is 5.97 Å². The average molecular weight is 224 g/mol. The third-order valence-electron chi connectivity index (χ3n) is 1.71. The Kier molecular flexibility index (Phi) is 4.14. The number of halogens is 1. The van der Waals surface area contributed by atoms with Crippen LogP contribution in [0.1, 0.15) is 17.7 Å². The van der Waals surface area contributed by atoms with Crippen molar-refractivity contribution in [1.82, 2.24) is 4.98 Å². The van der Waals surface area contributed by atoms with Crippen LogP contribution < -0.4 is 0 Å². The van der Waals surface area contributed by atoms with Crippen LogP contribution in [-0.4, -0.2) is 18.1 Å². The predicted molar refractivity (Wildman–Crippen MR) is 57.5 cm³/mol. The van der Waals surface area contributed by atoms with E-state index in [1.807, 2.05) is 6.92 Å². The fourth-order valence-electron chi connectivity index (χ4n) is 0.944. The number of aromatic nitrogens is 1. The van der Waals surface area contributed by atoms with Crippen molar-refractivity contribution in [3.63, 3.8) is 0 Å². The summed E-state index contributed by atoms with van der Waals surface area (Å²) in [6.45, 7) is 1.86. The zero-order valence-corrected chi connectivity index (χ0v) is 9.26. The first-order valence-corrected chi connectivity index (χ1v) is 4.69. The number of carbonyl (C=O) groups is 1. The van der Waals surface area contributed by atoms with Crippen LogP contribution >= 0.6 is 11.6 Å². The Labute approximate surface area is 93.4 Å². The number of esters is 1. The lowest BCUT2D eigenvalue weighted by atomic mass is 10.2. The summed E-state index contributed by atoms with van der Waals surface area (Å²) < 4.78 is 4.45. The van der Waals surface area contributed by atoms with Gasteiger partial charge in [-0.3, -0.25) is 4.79 Å². The Morgan fingerprint density at radius 1 is 1.67 bits per heavy atom. The van der Waals surface area contributed by atoms with Crippen molar-refractivity contribution in [3.8, 4) is 11.8 Å². The molecule has 1 aromatic rings. The van der Waals surface area contributed by atoms with E-state index in [0.717, 1.165) is 5.56 Å². The van der Waals surface area contributed by atoms with Gasteiger partial charge < -0.3 is 4.74 Å². The molecule has 0 N–H and O–H groups in total. The van der Waals surface area contributed by atoms with E-state index < -0.39 is 0 Å². The number of methoxy groups -OCH3 is 1. The summed E-state index contributed by atoms with van der Waals surface area (Å²) in [6, 6.07) is 1.77. The lowest BCUT2D eigenvalue weighted by Crippen LogP contribution is -1.97. The molecule has 0 radical (unpaired) electrons. The number of hydrogen-bond acceptors (Lipinski definition) is 3. The Morgan fingerprint density at radius 2 is 2.40 bits per heavy atom. The van der Waals surface area contributed by atoms with Gasteiger partial charge in [0.15, 0.2) is 0 Å². The minimum atomic E-state index is -0.353. The number of rotatable bonds is 1. The molecule has 0 aliphatic rings. The second kappa shape index (κ2) is 5.38. The molecule has 0 aliphatic carbocycles. The topological polar surface area (TPSA) is 39.2 Å². The van der Waals surface area contributed by atoms with E-state index in [1.165, 1.54) is 13.3 Å². The Hall–Kier alpha value is -1.53. The van der Waals surface area contributed by atoms with Crippen LogP contribution in [0.4, 0.5) is 0 Å². The molecule has 0 saturated carbocycles. The first kappa shape index (κ1) is 11.5. The first-order valence-electron chi connectivity index (χ1n) is 4.31. The van der Waals surface area contributed by atoms with Gasteiger partial charge in [0.2, 0.25) is 0 Å². The summed E-state index contributed by atoms with van der Waals surface area (Å²) in [6.07, 6.45) is 1.59. The van der Waals surface area contributed by atoms with Gasteiger partial charge in [0.25, 0.3) is 0 Å². The second-order valence-electron chi connectivity index (χ2n) is 2.87. The Balaban J connectivity index is 2.76. The van der Waals surface area contributed by atoms with E-state index >= 15 is 0 Å². The van der Waals surface area contributed by atoms with E-state index in [-0.39, 0.29) is 12.4 Å². The highest BCUT2D eigenvalue weighted by atomic mass is 35.5. The molecule has 0 bridgehead atoms. The zero-order chi connectivity index (χ0) is 11.3. The van der Waals surface area contributed by atoms with Crippen LogP contribution in [-0.2, 0) is 9.53 Å². The first-order chi connectivity index (χ1) is 7.13. The SMILES string of the molecule is COC(=O)CC#Cc1ncc(Cl)cc1C. The standard InChI is InChI=1S/C11H10ClNO2/c1-8-6-9(12)7-13-10(8)4-3-5-11(14)15-2/h6-7H,5H2,1-2H3. The van der Waals surface area contributed by atoms with Gasteiger partial charge in [-0.05, 0) is 24.5 Å². The summed E-state index contributed by atoms with van der Waals surface area (Å²) in [5.41, 5.74) is 1.52. The molecule has 0 saturated heterocycles. The van der Waals surface area contributed by atoms with Gasteiger partial charge in [0.1, 0.15) is 12.1 Å². The molecule has 0 fully saturated rings. The third kappa shape index (κ3) is 3.61. The van der Waals surface area contributed by atoms with Crippen molar-refractivity contribution in [2.75, 3.05) is 7.11 Å². The third-order valence-corrected chi connectivity index (χ3v) is 1.92. The second-order valence-corrected chi connectivity index (χ2v) is 3.31. The largest absolute Gasteiger partial charge is 0.468 e. The lowest BCUT2D eigenvalue weighted by molar-refractivity contribution is -0.139. The number of hydrogen-bond donors (Lipinski definition) is 0. The maximum atomic E-state index is 10.8. The zero-order valence-electron chi connectivity index (χ0n) is 8.50. The highest BCUT2D eigenvalue weighted by molar-refractivity contribution is 6.30. The molecular weight excluding hydrogens is 214 g/mol. The van der Waals surface area contributed by atoms with Crippen molar-refractivity contribution >= 4 is 17.6 Å². The number of pyridine rings is 1. The van der Waals surface area contributed by atoms with Gasteiger partial charge in [-0.15, -0.1) is 0 Å². The normalized spacial score (nSPS) is 9.00. The fourth-order valence-corrected chi connectivity index (χ4v) is 1.16. The van der Waals surface area contributed by atoms with E-state index in [2.05, 4.69) is 21.6 Å².